The summed E-state index contributed by atoms with van der Waals surface area (Å²) in [5.41, 5.74) is 5.02. The van der Waals surface area contributed by atoms with Gasteiger partial charge in [-0.3, -0.25) is 4.79 Å². The van der Waals surface area contributed by atoms with E-state index in [0.29, 0.717) is 19.4 Å². The van der Waals surface area contributed by atoms with Crippen LogP contribution in [-0.2, 0) is 11.2 Å². The Morgan fingerprint density at radius 3 is 2.68 bits per heavy atom. The number of nitrogens with zero attached hydrogens (tertiary/aromatic N) is 1. The summed E-state index contributed by atoms with van der Waals surface area (Å²) in [5, 5.41) is 2.92. The smallest absolute Gasteiger partial charge is 0.233 e. The molecule has 0 aromatic carbocycles. The van der Waals surface area contributed by atoms with Crippen LogP contribution in [0.5, 0.6) is 0 Å². The average molecular weight is 282 g/mol. The Balaban J connectivity index is 2.43. The lowest BCUT2D eigenvalue weighted by Crippen LogP contribution is -2.48. The van der Waals surface area contributed by atoms with Crippen molar-refractivity contribution in [1.29, 1.82) is 0 Å². The Labute approximate surface area is 119 Å². The number of thiocarbonyl (C=S) groups is 1. The molecular formula is C13H22N4OS. The van der Waals surface area contributed by atoms with Gasteiger partial charge in [0.15, 0.2) is 0 Å². The third-order valence-corrected chi connectivity index (χ3v) is 3.93. The average Bonchev–Trinajstić information content (AvgIpc) is 2.89. The highest BCUT2D eigenvalue weighted by atomic mass is 32.1. The summed E-state index contributed by atoms with van der Waals surface area (Å²) >= 11 is 5.05. The van der Waals surface area contributed by atoms with Crippen LogP contribution in [0.25, 0.3) is 0 Å². The second-order valence-corrected chi connectivity index (χ2v) is 4.99. The maximum atomic E-state index is 12.2. The second kappa shape index (κ2) is 7.23. The number of nitrogens with two attached hydrogens (primary N) is 1. The normalized spacial score (nSPS) is 11.3. The molecule has 19 heavy (non-hydrogen) atoms. The van der Waals surface area contributed by atoms with Gasteiger partial charge in [0.2, 0.25) is 5.91 Å². The first-order valence-corrected chi connectivity index (χ1v) is 7.04. The highest BCUT2D eigenvalue weighted by Gasteiger charge is 2.37. The monoisotopic (exact) mass is 282 g/mol. The summed E-state index contributed by atoms with van der Waals surface area (Å²) in [4.78, 5) is 19.7. The van der Waals surface area contributed by atoms with Gasteiger partial charge in [-0.05, 0) is 19.3 Å². The molecule has 1 rings (SSSR count). The predicted molar refractivity (Wildman–Crippen MR) is 79.7 cm³/mol. The zero-order valence-electron chi connectivity index (χ0n) is 11.5. The summed E-state index contributed by atoms with van der Waals surface area (Å²) in [6.45, 7) is 4.47. The summed E-state index contributed by atoms with van der Waals surface area (Å²) < 4.78 is 0. The van der Waals surface area contributed by atoms with E-state index in [2.05, 4.69) is 15.3 Å². The fraction of sp³-hybridized carbons (Fsp3) is 0.615. The van der Waals surface area contributed by atoms with Crippen molar-refractivity contribution >= 4 is 23.1 Å². The molecule has 0 aliphatic rings. The molecule has 1 aromatic heterocycles. The zero-order chi connectivity index (χ0) is 14.3. The van der Waals surface area contributed by atoms with Crippen molar-refractivity contribution in [3.05, 3.63) is 18.2 Å². The van der Waals surface area contributed by atoms with Crippen LogP contribution in [0.2, 0.25) is 0 Å². The lowest BCUT2D eigenvalue weighted by atomic mass is 9.81. The summed E-state index contributed by atoms with van der Waals surface area (Å²) in [6.07, 6.45) is 6.41. The molecule has 1 amide bonds. The highest BCUT2D eigenvalue weighted by molar-refractivity contribution is 7.80. The van der Waals surface area contributed by atoms with Gasteiger partial charge in [0.25, 0.3) is 0 Å². The summed E-state index contributed by atoms with van der Waals surface area (Å²) in [7, 11) is 0. The second-order valence-electron chi connectivity index (χ2n) is 4.55. The lowest BCUT2D eigenvalue weighted by molar-refractivity contribution is -0.127. The Morgan fingerprint density at radius 2 is 2.21 bits per heavy atom. The number of H-pyrrole nitrogens is 1. The molecule has 1 aromatic rings. The van der Waals surface area contributed by atoms with Crippen molar-refractivity contribution in [2.45, 2.75) is 39.5 Å². The van der Waals surface area contributed by atoms with Gasteiger partial charge in [0.05, 0.1) is 10.4 Å². The Kier molecular flexibility index (Phi) is 5.95. The molecule has 106 valence electrons. The summed E-state index contributed by atoms with van der Waals surface area (Å²) in [5.74, 6) is 0.866. The highest BCUT2D eigenvalue weighted by Crippen LogP contribution is 2.27. The molecule has 4 N–H and O–H groups in total. The van der Waals surface area contributed by atoms with E-state index in [0.717, 1.165) is 18.7 Å². The minimum absolute atomic E-state index is 0.0653. The van der Waals surface area contributed by atoms with E-state index in [-0.39, 0.29) is 10.9 Å². The molecule has 0 spiro atoms. The van der Waals surface area contributed by atoms with Crippen molar-refractivity contribution in [2.75, 3.05) is 6.54 Å². The standard InChI is InChI=1S/C13H22N4OS/c1-3-13(4-2,11(14)19)12(18)17-7-5-6-10-15-8-9-16-10/h8-9H,3-7H2,1-2H3,(H2,14,19)(H,15,16)(H,17,18). The number of aromatic nitrogens is 2. The molecule has 0 saturated carbocycles. The van der Waals surface area contributed by atoms with E-state index in [1.807, 2.05) is 13.8 Å². The Bertz CT molecular complexity index is 412. The molecular weight excluding hydrogens is 260 g/mol. The third kappa shape index (κ3) is 3.76. The molecule has 0 fully saturated rings. The van der Waals surface area contributed by atoms with E-state index in [1.54, 1.807) is 12.4 Å². The van der Waals surface area contributed by atoms with Gasteiger partial charge >= 0.3 is 0 Å². The van der Waals surface area contributed by atoms with E-state index in [4.69, 9.17) is 18.0 Å². The fourth-order valence-corrected chi connectivity index (χ4v) is 2.47. The maximum Gasteiger partial charge on any atom is 0.233 e. The number of rotatable bonds is 8. The number of carbonyl (C=O) groups excluding carboxylic acids is 1. The number of aromatic amines is 1. The van der Waals surface area contributed by atoms with Crippen LogP contribution >= 0.6 is 12.2 Å². The molecule has 0 bridgehead atoms. The maximum absolute atomic E-state index is 12.2. The summed E-state index contributed by atoms with van der Waals surface area (Å²) in [6, 6.07) is 0. The number of amides is 1. The van der Waals surface area contributed by atoms with Crippen molar-refractivity contribution in [1.82, 2.24) is 15.3 Å². The van der Waals surface area contributed by atoms with Gasteiger partial charge in [0, 0.05) is 25.4 Å². The molecule has 0 aliphatic carbocycles. The first-order chi connectivity index (χ1) is 9.06. The van der Waals surface area contributed by atoms with Crippen LogP contribution in [0.15, 0.2) is 12.4 Å². The number of hydrogen-bond acceptors (Lipinski definition) is 3. The van der Waals surface area contributed by atoms with Crippen molar-refractivity contribution < 1.29 is 4.79 Å². The number of hydrogen-bond donors (Lipinski definition) is 3. The molecule has 1 heterocycles. The van der Waals surface area contributed by atoms with Gasteiger partial charge in [-0.2, -0.15) is 0 Å². The van der Waals surface area contributed by atoms with Crippen molar-refractivity contribution in [3.63, 3.8) is 0 Å². The predicted octanol–water partition coefficient (Wildman–Crippen LogP) is 1.55. The molecule has 0 atom stereocenters. The third-order valence-electron chi connectivity index (χ3n) is 3.54. The minimum atomic E-state index is -0.708. The van der Waals surface area contributed by atoms with E-state index >= 15 is 0 Å². The molecule has 0 radical (unpaired) electrons. The Hall–Kier alpha value is -1.43. The number of aryl methyl sites for hydroxylation is 1. The molecule has 0 unspecified atom stereocenters. The van der Waals surface area contributed by atoms with Crippen LogP contribution in [0, 0.1) is 5.41 Å². The van der Waals surface area contributed by atoms with Gasteiger partial charge in [-0.25, -0.2) is 4.98 Å². The van der Waals surface area contributed by atoms with Gasteiger partial charge in [-0.1, -0.05) is 26.1 Å². The van der Waals surface area contributed by atoms with E-state index in [1.165, 1.54) is 0 Å². The van der Waals surface area contributed by atoms with E-state index < -0.39 is 5.41 Å². The molecule has 0 aliphatic heterocycles. The van der Waals surface area contributed by atoms with Crippen LogP contribution < -0.4 is 11.1 Å². The van der Waals surface area contributed by atoms with Crippen LogP contribution in [0.1, 0.15) is 38.9 Å². The van der Waals surface area contributed by atoms with Crippen molar-refractivity contribution in [2.24, 2.45) is 11.1 Å². The molecule has 5 nitrogen and oxygen atoms in total. The van der Waals surface area contributed by atoms with E-state index in [9.17, 15) is 4.79 Å². The van der Waals surface area contributed by atoms with Gasteiger partial charge in [-0.15, -0.1) is 0 Å². The Morgan fingerprint density at radius 1 is 1.53 bits per heavy atom. The van der Waals surface area contributed by atoms with Gasteiger partial charge in [0.1, 0.15) is 5.82 Å². The largest absolute Gasteiger partial charge is 0.392 e. The van der Waals surface area contributed by atoms with Crippen LogP contribution in [0.4, 0.5) is 0 Å². The first kappa shape index (κ1) is 15.6. The number of imidazole rings is 1. The zero-order valence-corrected chi connectivity index (χ0v) is 12.3. The van der Waals surface area contributed by atoms with Crippen LogP contribution in [-0.4, -0.2) is 27.4 Å². The first-order valence-electron chi connectivity index (χ1n) is 6.63. The molecule has 0 saturated heterocycles. The number of carbonyl (C=O) groups is 1. The SMILES string of the molecule is CCC(CC)(C(=O)NCCCc1ncc[nH]1)C(N)=S. The molecule has 6 heteroatoms. The topological polar surface area (TPSA) is 83.8 Å². The van der Waals surface area contributed by atoms with Gasteiger partial charge < -0.3 is 16.0 Å². The fourth-order valence-electron chi connectivity index (χ4n) is 2.09. The minimum Gasteiger partial charge on any atom is -0.392 e. The van der Waals surface area contributed by atoms with Crippen molar-refractivity contribution in [3.8, 4) is 0 Å². The quantitative estimate of drug-likeness (QED) is 0.499. The number of nitrogens with one attached hydrogen (secondary N) is 2. The lowest BCUT2D eigenvalue weighted by Gasteiger charge is -2.28. The van der Waals surface area contributed by atoms with Crippen LogP contribution in [0.3, 0.4) is 0 Å².